The molecule has 2 aliphatic rings. The number of nitrogens with one attached hydrogen (secondary N) is 1. The van der Waals surface area contributed by atoms with Crippen LogP contribution in [0.5, 0.6) is 0 Å². The van der Waals surface area contributed by atoms with Crippen molar-refractivity contribution < 1.29 is 11.0 Å². The van der Waals surface area contributed by atoms with Crippen molar-refractivity contribution in [3.8, 4) is 0 Å². The Bertz CT molecular complexity index is 790. The standard InChI is InChI=1S/C20H26N4O2.C2H6.H3N.H2/c21-19(25)17-12-14-4-1-2-6-18(14)23-20(17)24-9-7-15(8-10-24)22-16-5-3-11-26-13-16;1-2;;/h1-2,4,6,12,15-16,22H,3,5,7-11,13H2,(H2,21,25);1-2H3;1H3;1H. The Morgan fingerprint density at radius 1 is 1.21 bits per heavy atom. The van der Waals surface area contributed by atoms with E-state index >= 15 is 0 Å². The Balaban J connectivity index is 0.00000109. The Kier molecular flexibility index (Phi) is 8.82. The van der Waals surface area contributed by atoms with Crippen LogP contribution in [-0.4, -0.2) is 49.3 Å². The van der Waals surface area contributed by atoms with Gasteiger partial charge < -0.3 is 26.8 Å². The first-order chi connectivity index (χ1) is 13.7. The largest absolute Gasteiger partial charge is 0.380 e. The lowest BCUT2D eigenvalue weighted by Crippen LogP contribution is -2.49. The normalized spacial score (nSPS) is 19.8. The van der Waals surface area contributed by atoms with Crippen molar-refractivity contribution >= 4 is 22.6 Å². The van der Waals surface area contributed by atoms with E-state index in [1.165, 1.54) is 6.42 Å². The summed E-state index contributed by atoms with van der Waals surface area (Å²) in [5.74, 6) is 0.300. The van der Waals surface area contributed by atoms with E-state index in [1.807, 2.05) is 44.2 Å². The summed E-state index contributed by atoms with van der Waals surface area (Å²) in [5, 5.41) is 4.68. The van der Waals surface area contributed by atoms with Gasteiger partial charge in [0.2, 0.25) is 0 Å². The number of rotatable bonds is 4. The molecule has 2 aliphatic heterocycles. The third kappa shape index (κ3) is 5.65. The summed E-state index contributed by atoms with van der Waals surface area (Å²) in [6.07, 6.45) is 4.39. The lowest BCUT2D eigenvalue weighted by molar-refractivity contribution is 0.0650. The topological polar surface area (TPSA) is 115 Å². The average Bonchev–Trinajstić information content (AvgIpc) is 2.75. The summed E-state index contributed by atoms with van der Waals surface area (Å²) in [5.41, 5.74) is 7.04. The number of aromatic nitrogens is 1. The minimum atomic E-state index is -0.419. The van der Waals surface area contributed by atoms with E-state index in [1.54, 1.807) is 0 Å². The van der Waals surface area contributed by atoms with Crippen molar-refractivity contribution in [2.75, 3.05) is 31.2 Å². The number of ether oxygens (including phenoxy) is 1. The highest BCUT2D eigenvalue weighted by Gasteiger charge is 2.26. The lowest BCUT2D eigenvalue weighted by Gasteiger charge is -2.36. The van der Waals surface area contributed by atoms with E-state index in [4.69, 9.17) is 15.5 Å². The van der Waals surface area contributed by atoms with Gasteiger partial charge in [-0.05, 0) is 37.8 Å². The molecule has 2 saturated heterocycles. The minimum Gasteiger partial charge on any atom is -0.380 e. The number of nitrogens with two attached hydrogens (primary N) is 1. The van der Waals surface area contributed by atoms with E-state index in [-0.39, 0.29) is 7.58 Å². The van der Waals surface area contributed by atoms with Crippen LogP contribution < -0.4 is 22.1 Å². The maximum atomic E-state index is 12.0. The monoisotopic (exact) mass is 403 g/mol. The Hall–Kier alpha value is -2.22. The molecular weight excluding hydrogens is 366 g/mol. The van der Waals surface area contributed by atoms with Gasteiger partial charge in [0.05, 0.1) is 17.7 Å². The zero-order chi connectivity index (χ0) is 19.9. The molecule has 2 fully saturated rings. The van der Waals surface area contributed by atoms with Gasteiger partial charge in [-0.1, -0.05) is 32.0 Å². The highest BCUT2D eigenvalue weighted by atomic mass is 16.5. The molecule has 0 bridgehead atoms. The van der Waals surface area contributed by atoms with Crippen LogP contribution in [0.2, 0.25) is 0 Å². The number of amides is 1. The number of carbonyl (C=O) groups excluding carboxylic acids is 1. The third-order valence-electron chi connectivity index (χ3n) is 5.40. The molecule has 0 saturated carbocycles. The van der Waals surface area contributed by atoms with Gasteiger partial charge in [0.15, 0.2) is 0 Å². The zero-order valence-corrected chi connectivity index (χ0v) is 17.7. The first kappa shape index (κ1) is 23.1. The van der Waals surface area contributed by atoms with E-state index in [0.29, 0.717) is 17.6 Å². The molecule has 0 radical (unpaired) electrons. The second-order valence-corrected chi connectivity index (χ2v) is 7.26. The number of nitrogens with zero attached hydrogens (tertiary/aromatic N) is 2. The number of pyridine rings is 1. The third-order valence-corrected chi connectivity index (χ3v) is 5.40. The first-order valence-corrected chi connectivity index (χ1v) is 10.5. The summed E-state index contributed by atoms with van der Waals surface area (Å²) < 4.78 is 5.56. The molecule has 7 heteroatoms. The van der Waals surface area contributed by atoms with Crippen LogP contribution in [0.1, 0.15) is 51.3 Å². The summed E-state index contributed by atoms with van der Waals surface area (Å²) in [7, 11) is 0. The minimum absolute atomic E-state index is 0. The average molecular weight is 404 g/mol. The first-order valence-electron chi connectivity index (χ1n) is 10.5. The highest BCUT2D eigenvalue weighted by molar-refractivity contribution is 6.01. The molecule has 0 aliphatic carbocycles. The smallest absolute Gasteiger partial charge is 0.252 e. The number of carbonyl (C=O) groups is 1. The molecule has 162 valence electrons. The number of para-hydroxylation sites is 1. The summed E-state index contributed by atoms with van der Waals surface area (Å²) in [4.78, 5) is 18.9. The van der Waals surface area contributed by atoms with E-state index in [0.717, 1.165) is 62.3 Å². The van der Waals surface area contributed by atoms with Gasteiger partial charge in [0.1, 0.15) is 5.82 Å². The second-order valence-electron chi connectivity index (χ2n) is 7.26. The molecule has 29 heavy (non-hydrogen) atoms. The number of anilines is 1. The number of hydrogen-bond acceptors (Lipinski definition) is 6. The Morgan fingerprint density at radius 2 is 1.93 bits per heavy atom. The van der Waals surface area contributed by atoms with Crippen molar-refractivity contribution in [2.24, 2.45) is 5.73 Å². The Labute approximate surface area is 175 Å². The predicted molar refractivity (Wildman–Crippen MR) is 121 cm³/mol. The highest BCUT2D eigenvalue weighted by Crippen LogP contribution is 2.26. The molecule has 7 nitrogen and oxygen atoms in total. The van der Waals surface area contributed by atoms with E-state index in [2.05, 4.69) is 10.2 Å². The van der Waals surface area contributed by atoms with E-state index in [9.17, 15) is 4.79 Å². The quantitative estimate of drug-likeness (QED) is 0.719. The van der Waals surface area contributed by atoms with Crippen molar-refractivity contribution in [1.82, 2.24) is 16.5 Å². The molecule has 3 heterocycles. The molecule has 1 aromatic carbocycles. The zero-order valence-electron chi connectivity index (χ0n) is 17.7. The molecule has 1 atom stereocenters. The lowest BCUT2D eigenvalue weighted by atomic mass is 10.0. The van der Waals surface area contributed by atoms with Crippen molar-refractivity contribution in [3.63, 3.8) is 0 Å². The maximum absolute atomic E-state index is 12.0. The van der Waals surface area contributed by atoms with Gasteiger partial charge in [-0.25, -0.2) is 4.98 Å². The molecule has 6 N–H and O–H groups in total. The fraction of sp³-hybridized carbons (Fsp3) is 0.545. The van der Waals surface area contributed by atoms with Crippen LogP contribution >= 0.6 is 0 Å². The van der Waals surface area contributed by atoms with Gasteiger partial charge in [-0.2, -0.15) is 0 Å². The van der Waals surface area contributed by atoms with Crippen molar-refractivity contribution in [1.29, 1.82) is 0 Å². The van der Waals surface area contributed by atoms with Crippen molar-refractivity contribution in [3.05, 3.63) is 35.9 Å². The molecule has 0 spiro atoms. The number of piperidine rings is 1. The van der Waals surface area contributed by atoms with Crippen molar-refractivity contribution in [2.45, 2.75) is 51.6 Å². The van der Waals surface area contributed by atoms with Crippen LogP contribution in [0.25, 0.3) is 10.9 Å². The summed E-state index contributed by atoms with van der Waals surface area (Å²) >= 11 is 0. The fourth-order valence-corrected chi connectivity index (χ4v) is 3.99. The van der Waals surface area contributed by atoms with Gasteiger partial charge >= 0.3 is 0 Å². The molecule has 2 aromatic rings. The number of benzene rings is 1. The molecule has 4 rings (SSSR count). The van der Waals surface area contributed by atoms with Crippen LogP contribution in [0.3, 0.4) is 0 Å². The molecule has 1 amide bonds. The summed E-state index contributed by atoms with van der Waals surface area (Å²) in [6, 6.07) is 10.7. The van der Waals surface area contributed by atoms with Gasteiger partial charge in [0, 0.05) is 38.6 Å². The predicted octanol–water partition coefficient (Wildman–Crippen LogP) is 3.51. The Morgan fingerprint density at radius 3 is 2.59 bits per heavy atom. The number of primary amides is 1. The fourth-order valence-electron chi connectivity index (χ4n) is 3.99. The van der Waals surface area contributed by atoms with Crippen LogP contribution in [0.4, 0.5) is 5.82 Å². The number of fused-ring (bicyclic) bond motifs is 1. The van der Waals surface area contributed by atoms with E-state index < -0.39 is 5.91 Å². The molecule has 1 unspecified atom stereocenters. The van der Waals surface area contributed by atoms with Crippen LogP contribution in [0.15, 0.2) is 30.3 Å². The summed E-state index contributed by atoms with van der Waals surface area (Å²) in [6.45, 7) is 7.45. The molecule has 1 aromatic heterocycles. The molecular formula is C22H37N5O2. The van der Waals surface area contributed by atoms with Crippen LogP contribution in [-0.2, 0) is 4.74 Å². The second kappa shape index (κ2) is 11.1. The SMILES string of the molecule is CC.N.NC(=O)c1cc2ccccc2nc1N1CCC(NC2CCCOC2)CC1.[HH]. The maximum Gasteiger partial charge on any atom is 0.252 e. The van der Waals surface area contributed by atoms with Gasteiger partial charge in [0.25, 0.3) is 5.91 Å². The van der Waals surface area contributed by atoms with Gasteiger partial charge in [-0.3, -0.25) is 4.79 Å². The number of hydrogen-bond donors (Lipinski definition) is 3. The van der Waals surface area contributed by atoms with Crippen LogP contribution in [0, 0.1) is 0 Å². The van der Waals surface area contributed by atoms with Gasteiger partial charge in [-0.15, -0.1) is 0 Å².